The lowest BCUT2D eigenvalue weighted by molar-refractivity contribution is -0.145. The van der Waals surface area contributed by atoms with Crippen molar-refractivity contribution >= 4 is 18.0 Å². The number of carboxylic acid groups (broad SMARTS) is 1. The van der Waals surface area contributed by atoms with E-state index in [1.54, 1.807) is 0 Å². The Hall–Kier alpha value is -3.39. The predicted octanol–water partition coefficient (Wildman–Crippen LogP) is 3.50. The SMILES string of the molecule is COCCN(CC(=O)O)C(=O)CC(C)(C)CNC(=O)OCC1c2ccccc2-c2ccccc21. The second-order valence-electron chi connectivity index (χ2n) is 9.22. The quantitative estimate of drug-likeness (QED) is 0.523. The molecule has 0 spiro atoms. The van der Waals surface area contributed by atoms with E-state index >= 15 is 0 Å². The van der Waals surface area contributed by atoms with Crippen LogP contribution in [-0.2, 0) is 19.1 Å². The Bertz CT molecular complexity index is 990. The summed E-state index contributed by atoms with van der Waals surface area (Å²) in [5.74, 6) is -1.42. The lowest BCUT2D eigenvalue weighted by Crippen LogP contribution is -2.42. The van der Waals surface area contributed by atoms with Crippen molar-refractivity contribution in [2.24, 2.45) is 5.41 Å². The first kappa shape index (κ1) is 25.2. The normalized spacial score (nSPS) is 12.6. The number of rotatable bonds is 11. The lowest BCUT2D eigenvalue weighted by Gasteiger charge is -2.28. The minimum atomic E-state index is -1.08. The highest BCUT2D eigenvalue weighted by atomic mass is 16.5. The summed E-state index contributed by atoms with van der Waals surface area (Å²) in [4.78, 5) is 37.4. The molecule has 1 aliphatic rings. The van der Waals surface area contributed by atoms with E-state index in [1.165, 1.54) is 12.0 Å². The number of fused-ring (bicyclic) bond motifs is 3. The summed E-state index contributed by atoms with van der Waals surface area (Å²) in [7, 11) is 1.49. The molecule has 0 aromatic heterocycles. The molecule has 2 aromatic carbocycles. The van der Waals surface area contributed by atoms with Gasteiger partial charge in [-0.3, -0.25) is 9.59 Å². The Morgan fingerprint density at radius 2 is 1.62 bits per heavy atom. The molecule has 0 saturated heterocycles. The number of hydrogen-bond acceptors (Lipinski definition) is 5. The Labute approximate surface area is 199 Å². The standard InChI is InChI=1S/C26H32N2O6/c1-26(2,14-23(29)28(12-13-33-3)15-24(30)31)17-27-25(32)34-16-22-20-10-6-4-8-18(20)19-9-5-7-11-21(19)22/h4-11,22H,12-17H2,1-3H3,(H,27,32)(H,30,31). The summed E-state index contributed by atoms with van der Waals surface area (Å²) < 4.78 is 10.5. The first-order chi connectivity index (χ1) is 16.2. The van der Waals surface area contributed by atoms with Gasteiger partial charge in [0.05, 0.1) is 6.61 Å². The Morgan fingerprint density at radius 3 is 2.18 bits per heavy atom. The van der Waals surface area contributed by atoms with Gasteiger partial charge in [0, 0.05) is 32.5 Å². The molecule has 0 atom stereocenters. The van der Waals surface area contributed by atoms with Crippen molar-refractivity contribution in [2.75, 3.05) is 40.0 Å². The molecule has 182 valence electrons. The van der Waals surface area contributed by atoms with E-state index in [0.717, 1.165) is 22.3 Å². The molecule has 8 heteroatoms. The van der Waals surface area contributed by atoms with Crippen molar-refractivity contribution in [1.82, 2.24) is 10.2 Å². The van der Waals surface area contributed by atoms with Gasteiger partial charge in [0.2, 0.25) is 5.91 Å². The van der Waals surface area contributed by atoms with Crippen LogP contribution in [0.25, 0.3) is 11.1 Å². The van der Waals surface area contributed by atoms with Crippen LogP contribution in [0, 0.1) is 5.41 Å². The lowest BCUT2D eigenvalue weighted by atomic mass is 9.88. The Balaban J connectivity index is 1.53. The van der Waals surface area contributed by atoms with Crippen LogP contribution in [0.1, 0.15) is 37.3 Å². The molecule has 1 aliphatic carbocycles. The van der Waals surface area contributed by atoms with Crippen molar-refractivity contribution in [3.63, 3.8) is 0 Å². The van der Waals surface area contributed by atoms with Crippen LogP contribution in [-0.4, -0.2) is 67.9 Å². The molecule has 2 N–H and O–H groups in total. The smallest absolute Gasteiger partial charge is 0.407 e. The second kappa shape index (κ2) is 11.2. The van der Waals surface area contributed by atoms with Crippen LogP contribution in [0.2, 0.25) is 0 Å². The molecule has 0 bridgehead atoms. The highest BCUT2D eigenvalue weighted by Gasteiger charge is 2.30. The van der Waals surface area contributed by atoms with Gasteiger partial charge in [-0.25, -0.2) is 4.79 Å². The van der Waals surface area contributed by atoms with Gasteiger partial charge >= 0.3 is 12.1 Å². The minimum absolute atomic E-state index is 0.0295. The number of amides is 2. The number of benzene rings is 2. The predicted molar refractivity (Wildman–Crippen MR) is 128 cm³/mol. The van der Waals surface area contributed by atoms with Crippen molar-refractivity contribution in [3.8, 4) is 11.1 Å². The van der Waals surface area contributed by atoms with Crippen LogP contribution < -0.4 is 5.32 Å². The molecule has 0 radical (unpaired) electrons. The third-order valence-corrected chi connectivity index (χ3v) is 5.93. The van der Waals surface area contributed by atoms with Crippen molar-refractivity contribution in [2.45, 2.75) is 26.2 Å². The molecule has 8 nitrogen and oxygen atoms in total. The first-order valence-electron chi connectivity index (χ1n) is 11.3. The van der Waals surface area contributed by atoms with E-state index in [2.05, 4.69) is 29.6 Å². The number of nitrogens with zero attached hydrogens (tertiary/aromatic N) is 1. The summed E-state index contributed by atoms with van der Waals surface area (Å²) in [6, 6.07) is 16.2. The van der Waals surface area contributed by atoms with Gasteiger partial charge in [-0.15, -0.1) is 0 Å². The number of carbonyl (C=O) groups excluding carboxylic acids is 2. The Kier molecular flexibility index (Phi) is 8.28. The summed E-state index contributed by atoms with van der Waals surface area (Å²) in [5.41, 5.74) is 4.00. The summed E-state index contributed by atoms with van der Waals surface area (Å²) >= 11 is 0. The monoisotopic (exact) mass is 468 g/mol. The van der Waals surface area contributed by atoms with E-state index in [4.69, 9.17) is 14.6 Å². The molecular weight excluding hydrogens is 436 g/mol. The third-order valence-electron chi connectivity index (χ3n) is 5.93. The maximum absolute atomic E-state index is 12.6. The zero-order valence-corrected chi connectivity index (χ0v) is 19.9. The largest absolute Gasteiger partial charge is 0.480 e. The van der Waals surface area contributed by atoms with Gasteiger partial charge in [0.15, 0.2) is 0 Å². The van der Waals surface area contributed by atoms with Crippen LogP contribution in [0.4, 0.5) is 4.79 Å². The molecule has 0 saturated carbocycles. The van der Waals surface area contributed by atoms with Crippen LogP contribution in [0.5, 0.6) is 0 Å². The number of alkyl carbamates (subject to hydrolysis) is 1. The molecule has 34 heavy (non-hydrogen) atoms. The van der Waals surface area contributed by atoms with Gasteiger partial charge in [0.1, 0.15) is 13.2 Å². The fourth-order valence-corrected chi connectivity index (χ4v) is 4.20. The van der Waals surface area contributed by atoms with Gasteiger partial charge in [-0.05, 0) is 27.7 Å². The maximum atomic E-state index is 12.6. The van der Waals surface area contributed by atoms with Crippen molar-refractivity contribution < 1.29 is 29.0 Å². The third kappa shape index (κ3) is 6.35. The number of aliphatic carboxylic acids is 1. The summed E-state index contributed by atoms with van der Waals surface area (Å²) in [6.07, 6.45) is -0.475. The minimum Gasteiger partial charge on any atom is -0.480 e. The maximum Gasteiger partial charge on any atom is 0.407 e. The van der Waals surface area contributed by atoms with Crippen LogP contribution in [0.15, 0.2) is 48.5 Å². The fourth-order valence-electron chi connectivity index (χ4n) is 4.20. The second-order valence-corrected chi connectivity index (χ2v) is 9.22. The molecule has 2 aromatic rings. The van der Waals surface area contributed by atoms with Gasteiger partial charge in [-0.2, -0.15) is 0 Å². The first-order valence-corrected chi connectivity index (χ1v) is 11.3. The van der Waals surface area contributed by atoms with Crippen molar-refractivity contribution in [3.05, 3.63) is 59.7 Å². The Morgan fingerprint density at radius 1 is 1.03 bits per heavy atom. The average molecular weight is 469 g/mol. The zero-order valence-electron chi connectivity index (χ0n) is 19.9. The molecule has 0 aliphatic heterocycles. The molecular formula is C26H32N2O6. The van der Waals surface area contributed by atoms with Gasteiger partial charge < -0.3 is 24.8 Å². The zero-order chi connectivity index (χ0) is 24.7. The molecule has 0 heterocycles. The van der Waals surface area contributed by atoms with Crippen LogP contribution >= 0.6 is 0 Å². The number of nitrogens with one attached hydrogen (secondary N) is 1. The highest BCUT2D eigenvalue weighted by Crippen LogP contribution is 2.44. The highest BCUT2D eigenvalue weighted by molar-refractivity contribution is 5.82. The summed E-state index contributed by atoms with van der Waals surface area (Å²) in [5, 5.41) is 11.8. The van der Waals surface area contributed by atoms with E-state index in [0.29, 0.717) is 0 Å². The number of carbonyl (C=O) groups is 3. The topological polar surface area (TPSA) is 105 Å². The molecule has 0 fully saturated rings. The number of hydrogen-bond donors (Lipinski definition) is 2. The van der Waals surface area contributed by atoms with E-state index in [1.807, 2.05) is 38.1 Å². The van der Waals surface area contributed by atoms with Gasteiger partial charge in [-0.1, -0.05) is 62.4 Å². The fraction of sp³-hybridized carbons (Fsp3) is 0.423. The van der Waals surface area contributed by atoms with E-state index in [9.17, 15) is 14.4 Å². The van der Waals surface area contributed by atoms with E-state index in [-0.39, 0.29) is 44.5 Å². The number of carboxylic acids is 1. The number of ether oxygens (including phenoxy) is 2. The molecule has 3 rings (SSSR count). The van der Waals surface area contributed by atoms with Gasteiger partial charge in [0.25, 0.3) is 0 Å². The molecule has 0 unspecified atom stereocenters. The van der Waals surface area contributed by atoms with E-state index < -0.39 is 24.0 Å². The average Bonchev–Trinajstić information content (AvgIpc) is 3.12. The van der Waals surface area contributed by atoms with Crippen molar-refractivity contribution in [1.29, 1.82) is 0 Å². The molecule has 2 amide bonds. The summed E-state index contributed by atoms with van der Waals surface area (Å²) in [6.45, 7) is 4.14. The number of methoxy groups -OCH3 is 1. The van der Waals surface area contributed by atoms with Crippen LogP contribution in [0.3, 0.4) is 0 Å².